The highest BCUT2D eigenvalue weighted by atomic mass is 19.3. The largest absolute Gasteiger partial charge is 0.461 e. The van der Waals surface area contributed by atoms with Gasteiger partial charge < -0.3 is 19.3 Å². The minimum absolute atomic E-state index is 0.0669. The molecule has 1 aromatic carbocycles. The molecule has 0 aliphatic carbocycles. The Bertz CT molecular complexity index is 769. The maximum atomic E-state index is 13.3. The first-order chi connectivity index (χ1) is 13.8. The van der Waals surface area contributed by atoms with Crippen molar-refractivity contribution in [2.24, 2.45) is 0 Å². The number of hydrogen-bond donors (Lipinski definition) is 1. The molecule has 1 N–H and O–H groups in total. The molecule has 0 saturated carbocycles. The van der Waals surface area contributed by atoms with E-state index in [0.29, 0.717) is 0 Å². The first-order valence-electron chi connectivity index (χ1n) is 9.58. The van der Waals surface area contributed by atoms with Gasteiger partial charge in [-0.25, -0.2) is 4.79 Å². The predicted octanol–water partition coefficient (Wildman–Crippen LogP) is 3.91. The summed E-state index contributed by atoms with van der Waals surface area (Å²) < 4.78 is 66.5. The third-order valence-electron chi connectivity index (χ3n) is 5.04. The number of fused-ring (bicyclic) bond motifs is 2. The molecule has 3 rings (SSSR count). The van der Waals surface area contributed by atoms with Crippen LogP contribution in [0, 0.1) is 0 Å². The number of aliphatic hydroxyl groups is 1. The van der Waals surface area contributed by atoms with E-state index in [1.54, 1.807) is 25.7 Å². The summed E-state index contributed by atoms with van der Waals surface area (Å²) in [7, 11) is 0. The summed E-state index contributed by atoms with van der Waals surface area (Å²) in [6, 6.07) is 4.09. The molecule has 1 amide bonds. The zero-order valence-corrected chi connectivity index (χ0v) is 16.9. The van der Waals surface area contributed by atoms with E-state index in [-0.39, 0.29) is 31.6 Å². The number of rotatable bonds is 4. The number of carbonyl (C=O) groups excluding carboxylic acids is 1. The fourth-order valence-corrected chi connectivity index (χ4v) is 3.88. The lowest BCUT2D eigenvalue weighted by Gasteiger charge is -2.51. The Morgan fingerprint density at radius 3 is 2.37 bits per heavy atom. The van der Waals surface area contributed by atoms with Gasteiger partial charge in [-0.3, -0.25) is 4.90 Å². The Balaban J connectivity index is 1.82. The number of amides is 1. The maximum Gasteiger partial charge on any atom is 0.461 e. The Labute approximate surface area is 171 Å². The highest BCUT2D eigenvalue weighted by molar-refractivity contribution is 5.69. The van der Waals surface area contributed by atoms with Gasteiger partial charge in [0.25, 0.3) is 0 Å². The first kappa shape index (κ1) is 22.6. The molecular formula is C20H25F4NO5. The van der Waals surface area contributed by atoms with Gasteiger partial charge in [0.2, 0.25) is 0 Å². The van der Waals surface area contributed by atoms with Crippen LogP contribution in [0.2, 0.25) is 0 Å². The average molecular weight is 435 g/mol. The summed E-state index contributed by atoms with van der Waals surface area (Å²) in [6.45, 7) is 5.60. The van der Waals surface area contributed by atoms with Crippen molar-refractivity contribution in [1.29, 1.82) is 0 Å². The molecule has 2 aliphatic rings. The number of morpholine rings is 1. The van der Waals surface area contributed by atoms with Crippen LogP contribution in [-0.4, -0.2) is 59.5 Å². The van der Waals surface area contributed by atoms with Crippen molar-refractivity contribution in [3.8, 4) is 5.75 Å². The second-order valence-electron chi connectivity index (χ2n) is 8.66. The lowest BCUT2D eigenvalue weighted by molar-refractivity contribution is -0.253. The number of alkyl halides is 4. The Morgan fingerprint density at radius 2 is 1.83 bits per heavy atom. The van der Waals surface area contributed by atoms with Gasteiger partial charge in [-0.05, 0) is 38.5 Å². The van der Waals surface area contributed by atoms with Gasteiger partial charge in [0.05, 0.1) is 30.9 Å². The zero-order chi connectivity index (χ0) is 22.3. The van der Waals surface area contributed by atoms with Crippen molar-refractivity contribution < 1.29 is 41.7 Å². The van der Waals surface area contributed by atoms with Crippen LogP contribution in [-0.2, 0) is 15.1 Å². The molecule has 168 valence electrons. The van der Waals surface area contributed by atoms with Gasteiger partial charge in [0.1, 0.15) is 11.4 Å². The van der Waals surface area contributed by atoms with Crippen LogP contribution in [0.3, 0.4) is 0 Å². The monoisotopic (exact) mass is 435 g/mol. The van der Waals surface area contributed by atoms with Crippen molar-refractivity contribution >= 4 is 6.09 Å². The molecule has 6 nitrogen and oxygen atoms in total. The predicted molar refractivity (Wildman–Crippen MR) is 97.6 cm³/mol. The molecule has 0 aromatic heterocycles. The average Bonchev–Trinajstić information content (AvgIpc) is 2.59. The van der Waals surface area contributed by atoms with E-state index >= 15 is 0 Å². The summed E-state index contributed by atoms with van der Waals surface area (Å²) in [6.07, 6.45) is -9.02. The minimum Gasteiger partial charge on any atom is -0.444 e. The topological polar surface area (TPSA) is 68.2 Å². The molecule has 2 aliphatic heterocycles. The van der Waals surface area contributed by atoms with Gasteiger partial charge in [-0.15, -0.1) is 0 Å². The third kappa shape index (κ3) is 4.80. The molecule has 2 atom stereocenters. The smallest absolute Gasteiger partial charge is 0.444 e. The number of carbonyl (C=O) groups is 1. The van der Waals surface area contributed by atoms with Gasteiger partial charge in [-0.1, -0.05) is 12.1 Å². The van der Waals surface area contributed by atoms with Gasteiger partial charge in [-0.2, -0.15) is 17.6 Å². The number of halogens is 4. The van der Waals surface area contributed by atoms with Crippen LogP contribution in [0.15, 0.2) is 24.3 Å². The van der Waals surface area contributed by atoms with Gasteiger partial charge in [0, 0.05) is 12.8 Å². The molecule has 2 heterocycles. The number of ether oxygens (including phenoxy) is 3. The lowest BCUT2D eigenvalue weighted by Crippen LogP contribution is -2.63. The second kappa shape index (κ2) is 7.88. The Morgan fingerprint density at radius 1 is 1.23 bits per heavy atom. The number of hydrogen-bond acceptors (Lipinski definition) is 5. The van der Waals surface area contributed by atoms with Crippen LogP contribution >= 0.6 is 0 Å². The first-order valence-corrected chi connectivity index (χ1v) is 9.58. The van der Waals surface area contributed by atoms with Gasteiger partial charge >= 0.3 is 18.6 Å². The number of piperidine rings is 1. The van der Waals surface area contributed by atoms with E-state index in [2.05, 4.69) is 4.74 Å². The standard InChI is InChI=1S/C20H25F4NO5/c1-18(2,3)30-17(26)25-13-8-19(27,9-14(25)11-28-10-13)12-5-4-6-15(7-12)29-20(23,24)16(21)22/h4-7,13-14,16,27H,8-11H2,1-3H3. The highest BCUT2D eigenvalue weighted by Crippen LogP contribution is 2.42. The Kier molecular flexibility index (Phi) is 5.94. The molecular weight excluding hydrogens is 410 g/mol. The summed E-state index contributed by atoms with van der Waals surface area (Å²) >= 11 is 0. The molecule has 1 aromatic rings. The number of nitrogens with zero attached hydrogens (tertiary/aromatic N) is 1. The quantitative estimate of drug-likeness (QED) is 0.727. The minimum atomic E-state index is -4.65. The van der Waals surface area contributed by atoms with E-state index in [4.69, 9.17) is 9.47 Å². The summed E-state index contributed by atoms with van der Waals surface area (Å²) in [5.41, 5.74) is -1.93. The Hall–Kier alpha value is -2.07. The SMILES string of the molecule is CC(C)(C)OC(=O)N1C2COCC1CC(O)(c1cccc(OC(F)(F)C(F)F)c1)C2. The molecule has 2 saturated heterocycles. The van der Waals surface area contributed by atoms with Crippen molar-refractivity contribution in [3.63, 3.8) is 0 Å². The molecule has 2 bridgehead atoms. The van der Waals surface area contributed by atoms with Crippen LogP contribution in [0.4, 0.5) is 22.4 Å². The van der Waals surface area contributed by atoms with Crippen LogP contribution in [0.1, 0.15) is 39.2 Å². The summed E-state index contributed by atoms with van der Waals surface area (Å²) in [4.78, 5) is 14.2. The summed E-state index contributed by atoms with van der Waals surface area (Å²) in [5.74, 6) is -0.484. The summed E-state index contributed by atoms with van der Waals surface area (Å²) in [5, 5.41) is 11.3. The molecule has 2 unspecified atom stereocenters. The van der Waals surface area contributed by atoms with Crippen molar-refractivity contribution in [2.75, 3.05) is 13.2 Å². The van der Waals surface area contributed by atoms with Crippen molar-refractivity contribution in [2.45, 2.75) is 69.4 Å². The highest BCUT2D eigenvalue weighted by Gasteiger charge is 2.50. The molecule has 2 fully saturated rings. The van der Waals surface area contributed by atoms with Crippen LogP contribution in [0.5, 0.6) is 5.75 Å². The molecule has 10 heteroatoms. The lowest BCUT2D eigenvalue weighted by atomic mass is 9.77. The van der Waals surface area contributed by atoms with E-state index in [0.717, 1.165) is 12.1 Å². The maximum absolute atomic E-state index is 13.3. The van der Waals surface area contributed by atoms with E-state index in [1.807, 2.05) is 0 Å². The molecule has 0 radical (unpaired) electrons. The molecule has 0 spiro atoms. The second-order valence-corrected chi connectivity index (χ2v) is 8.66. The van der Waals surface area contributed by atoms with E-state index < -0.39 is 47.7 Å². The van der Waals surface area contributed by atoms with E-state index in [9.17, 15) is 27.5 Å². The van der Waals surface area contributed by atoms with Gasteiger partial charge in [0.15, 0.2) is 0 Å². The normalized spacial score (nSPS) is 27.2. The number of benzene rings is 1. The zero-order valence-electron chi connectivity index (χ0n) is 16.9. The van der Waals surface area contributed by atoms with Crippen LogP contribution < -0.4 is 4.74 Å². The van der Waals surface area contributed by atoms with Crippen LogP contribution in [0.25, 0.3) is 0 Å². The molecule has 30 heavy (non-hydrogen) atoms. The fraction of sp³-hybridized carbons (Fsp3) is 0.650. The fourth-order valence-electron chi connectivity index (χ4n) is 3.88. The van der Waals surface area contributed by atoms with Crippen molar-refractivity contribution in [3.05, 3.63) is 29.8 Å². The van der Waals surface area contributed by atoms with E-state index in [1.165, 1.54) is 12.1 Å². The third-order valence-corrected chi connectivity index (χ3v) is 5.04. The van der Waals surface area contributed by atoms with Crippen molar-refractivity contribution in [1.82, 2.24) is 4.90 Å².